The number of sulfone groups is 1. The van der Waals surface area contributed by atoms with Gasteiger partial charge >= 0.3 is 5.00 Å². The summed E-state index contributed by atoms with van der Waals surface area (Å²) in [5.41, 5.74) is 0.801. The number of rotatable bonds is 7. The molecule has 0 bridgehead atoms. The Kier molecular flexibility index (Phi) is 5.03. The Labute approximate surface area is 104 Å². The van der Waals surface area contributed by atoms with Crippen LogP contribution in [0.25, 0.3) is 0 Å². The van der Waals surface area contributed by atoms with Crippen molar-refractivity contribution in [2.24, 2.45) is 0 Å². The standard InChI is InChI=1S/C9H14N2O4S2/c1-2-17(14,15)4-3-10-6-8-5-9(11(12)13)16-7-8/h5,7,10H,2-4,6H2,1H3. The molecule has 0 fully saturated rings. The van der Waals surface area contributed by atoms with E-state index in [9.17, 15) is 18.5 Å². The smallest absolute Gasteiger partial charge is 0.312 e. The van der Waals surface area contributed by atoms with Crippen LogP contribution in [0.3, 0.4) is 0 Å². The van der Waals surface area contributed by atoms with Crippen LogP contribution in [0.2, 0.25) is 0 Å². The fraction of sp³-hybridized carbons (Fsp3) is 0.556. The molecule has 0 saturated heterocycles. The molecule has 0 unspecified atom stereocenters. The van der Waals surface area contributed by atoms with Crippen LogP contribution in [-0.2, 0) is 16.4 Å². The van der Waals surface area contributed by atoms with Crippen LogP contribution in [0.1, 0.15) is 12.5 Å². The van der Waals surface area contributed by atoms with E-state index in [1.54, 1.807) is 12.3 Å². The number of nitrogens with one attached hydrogen (secondary N) is 1. The van der Waals surface area contributed by atoms with Gasteiger partial charge in [0.05, 0.1) is 10.7 Å². The van der Waals surface area contributed by atoms with Gasteiger partial charge in [-0.1, -0.05) is 18.3 Å². The molecule has 8 heteroatoms. The predicted molar refractivity (Wildman–Crippen MR) is 67.0 cm³/mol. The first-order chi connectivity index (χ1) is 7.94. The molecule has 0 aliphatic rings. The van der Waals surface area contributed by atoms with Gasteiger partial charge in [0.25, 0.3) is 0 Å². The fourth-order valence-corrected chi connectivity index (χ4v) is 2.63. The average molecular weight is 278 g/mol. The molecule has 17 heavy (non-hydrogen) atoms. The van der Waals surface area contributed by atoms with Gasteiger partial charge < -0.3 is 5.32 Å². The highest BCUT2D eigenvalue weighted by atomic mass is 32.2. The summed E-state index contributed by atoms with van der Waals surface area (Å²) in [6.45, 7) is 2.42. The normalized spacial score (nSPS) is 11.6. The lowest BCUT2D eigenvalue weighted by Crippen LogP contribution is -2.23. The van der Waals surface area contributed by atoms with E-state index in [4.69, 9.17) is 0 Å². The van der Waals surface area contributed by atoms with Crippen molar-refractivity contribution >= 4 is 26.2 Å². The number of nitrogens with zero attached hydrogens (tertiary/aromatic N) is 1. The van der Waals surface area contributed by atoms with Crippen molar-refractivity contribution in [3.63, 3.8) is 0 Å². The summed E-state index contributed by atoms with van der Waals surface area (Å²) in [5, 5.41) is 15.2. The van der Waals surface area contributed by atoms with Gasteiger partial charge in [-0.05, 0) is 5.56 Å². The largest absolute Gasteiger partial charge is 0.324 e. The van der Waals surface area contributed by atoms with Crippen molar-refractivity contribution < 1.29 is 13.3 Å². The minimum absolute atomic E-state index is 0.0930. The molecule has 1 aromatic heterocycles. The van der Waals surface area contributed by atoms with Crippen LogP contribution in [0.5, 0.6) is 0 Å². The quantitative estimate of drug-likeness (QED) is 0.459. The Morgan fingerprint density at radius 1 is 1.53 bits per heavy atom. The second-order valence-corrected chi connectivity index (χ2v) is 6.83. The molecule has 0 spiro atoms. The Morgan fingerprint density at radius 3 is 2.76 bits per heavy atom. The Bertz CT molecular complexity index is 481. The summed E-state index contributed by atoms with van der Waals surface area (Å²) in [6, 6.07) is 1.49. The van der Waals surface area contributed by atoms with Gasteiger partial charge in [0, 0.05) is 30.3 Å². The van der Waals surface area contributed by atoms with Crippen LogP contribution < -0.4 is 5.32 Å². The van der Waals surface area contributed by atoms with Gasteiger partial charge in [0.2, 0.25) is 0 Å². The highest BCUT2D eigenvalue weighted by Gasteiger charge is 2.10. The van der Waals surface area contributed by atoms with E-state index in [-0.39, 0.29) is 16.5 Å². The summed E-state index contributed by atoms with van der Waals surface area (Å²) >= 11 is 1.07. The maximum Gasteiger partial charge on any atom is 0.324 e. The number of hydrogen-bond acceptors (Lipinski definition) is 6. The molecule has 0 aromatic carbocycles. The van der Waals surface area contributed by atoms with E-state index in [1.807, 2.05) is 0 Å². The summed E-state index contributed by atoms with van der Waals surface area (Å²) in [5.74, 6) is 0.230. The molecule has 0 amide bonds. The zero-order valence-corrected chi connectivity index (χ0v) is 11.0. The number of thiophene rings is 1. The molecule has 0 aliphatic heterocycles. The molecule has 0 radical (unpaired) electrons. The van der Waals surface area contributed by atoms with Crippen LogP contribution in [0.15, 0.2) is 11.4 Å². The van der Waals surface area contributed by atoms with Gasteiger partial charge in [-0.3, -0.25) is 10.1 Å². The fourth-order valence-electron chi connectivity index (χ4n) is 1.16. The minimum Gasteiger partial charge on any atom is -0.312 e. The molecular weight excluding hydrogens is 264 g/mol. The third-order valence-corrected chi connectivity index (χ3v) is 4.81. The average Bonchev–Trinajstić information content (AvgIpc) is 2.73. The van der Waals surface area contributed by atoms with Gasteiger partial charge in [0.15, 0.2) is 9.84 Å². The second-order valence-electron chi connectivity index (χ2n) is 3.46. The van der Waals surface area contributed by atoms with Gasteiger partial charge in [-0.15, -0.1) is 0 Å². The molecule has 1 heterocycles. The van der Waals surface area contributed by atoms with E-state index in [1.165, 1.54) is 6.07 Å². The molecule has 0 atom stereocenters. The SMILES string of the molecule is CCS(=O)(=O)CCNCc1csc([N+](=O)[O-])c1. The lowest BCUT2D eigenvalue weighted by atomic mass is 10.3. The highest BCUT2D eigenvalue weighted by Crippen LogP contribution is 2.22. The zero-order chi connectivity index (χ0) is 12.9. The first-order valence-corrected chi connectivity index (χ1v) is 7.77. The first-order valence-electron chi connectivity index (χ1n) is 5.07. The number of hydrogen-bond donors (Lipinski definition) is 1. The van der Waals surface area contributed by atoms with Crippen molar-refractivity contribution in [3.8, 4) is 0 Å². The monoisotopic (exact) mass is 278 g/mol. The van der Waals surface area contributed by atoms with Crippen LogP contribution in [0, 0.1) is 10.1 Å². The van der Waals surface area contributed by atoms with Gasteiger partial charge in [-0.25, -0.2) is 8.42 Å². The Hall–Kier alpha value is -0.990. The van der Waals surface area contributed by atoms with Crippen LogP contribution in [0.4, 0.5) is 5.00 Å². The van der Waals surface area contributed by atoms with Crippen molar-refractivity contribution in [2.75, 3.05) is 18.1 Å². The third kappa shape index (κ3) is 4.80. The molecule has 1 N–H and O–H groups in total. The molecule has 6 nitrogen and oxygen atoms in total. The maximum absolute atomic E-state index is 11.2. The van der Waals surface area contributed by atoms with E-state index in [0.717, 1.165) is 16.9 Å². The summed E-state index contributed by atoms with van der Waals surface area (Å²) in [6.07, 6.45) is 0. The lowest BCUT2D eigenvalue weighted by Gasteiger charge is -2.02. The summed E-state index contributed by atoms with van der Waals surface area (Å²) < 4.78 is 22.4. The third-order valence-electron chi connectivity index (χ3n) is 2.18. The minimum atomic E-state index is -2.95. The molecule has 1 aromatic rings. The van der Waals surface area contributed by atoms with E-state index in [0.29, 0.717) is 13.1 Å². The highest BCUT2D eigenvalue weighted by molar-refractivity contribution is 7.91. The predicted octanol–water partition coefficient (Wildman–Crippen LogP) is 1.18. The van der Waals surface area contributed by atoms with Crippen LogP contribution >= 0.6 is 11.3 Å². The maximum atomic E-state index is 11.2. The summed E-state index contributed by atoms with van der Waals surface area (Å²) in [7, 11) is -2.95. The van der Waals surface area contributed by atoms with Crippen LogP contribution in [-0.4, -0.2) is 31.4 Å². The summed E-state index contributed by atoms with van der Waals surface area (Å²) in [4.78, 5) is 10.00. The van der Waals surface area contributed by atoms with Gasteiger partial charge in [0.1, 0.15) is 0 Å². The van der Waals surface area contributed by atoms with E-state index in [2.05, 4.69) is 5.32 Å². The Balaban J connectivity index is 2.34. The van der Waals surface area contributed by atoms with Crippen molar-refractivity contribution in [3.05, 3.63) is 27.1 Å². The van der Waals surface area contributed by atoms with Crippen molar-refractivity contribution in [1.82, 2.24) is 5.32 Å². The Morgan fingerprint density at radius 2 is 2.24 bits per heavy atom. The molecule has 0 aliphatic carbocycles. The van der Waals surface area contributed by atoms with E-state index < -0.39 is 14.8 Å². The van der Waals surface area contributed by atoms with E-state index >= 15 is 0 Å². The first kappa shape index (κ1) is 14.1. The second kappa shape index (κ2) is 6.08. The zero-order valence-electron chi connectivity index (χ0n) is 9.38. The topological polar surface area (TPSA) is 89.3 Å². The molecular formula is C9H14N2O4S2. The molecule has 0 saturated carbocycles. The van der Waals surface area contributed by atoms with Crippen molar-refractivity contribution in [1.29, 1.82) is 0 Å². The van der Waals surface area contributed by atoms with Crippen molar-refractivity contribution in [2.45, 2.75) is 13.5 Å². The number of nitro groups is 1. The molecule has 1 rings (SSSR count). The van der Waals surface area contributed by atoms with Gasteiger partial charge in [-0.2, -0.15) is 0 Å². The molecule has 96 valence electrons. The lowest BCUT2D eigenvalue weighted by molar-refractivity contribution is -0.380.